The highest BCUT2D eigenvalue weighted by Crippen LogP contribution is 2.27. The molecule has 0 atom stereocenters. The molecule has 0 amide bonds. The van der Waals surface area contributed by atoms with Crippen molar-refractivity contribution in [3.05, 3.63) is 70.5 Å². The minimum atomic E-state index is -0.659. The van der Waals surface area contributed by atoms with Crippen molar-refractivity contribution in [1.82, 2.24) is 0 Å². The van der Waals surface area contributed by atoms with Crippen LogP contribution in [-0.2, 0) is 28.9 Å². The maximum Gasteiger partial charge on any atom is 0.375 e. The van der Waals surface area contributed by atoms with Crippen LogP contribution in [0.3, 0.4) is 0 Å². The van der Waals surface area contributed by atoms with Gasteiger partial charge in [-0.1, -0.05) is 30.3 Å². The Morgan fingerprint density at radius 2 is 1.89 bits per heavy atom. The number of aryl methyl sites for hydroxylation is 2. The van der Waals surface area contributed by atoms with Crippen LogP contribution in [0.25, 0.3) is 11.0 Å². The van der Waals surface area contributed by atoms with E-state index in [-0.39, 0.29) is 24.8 Å². The van der Waals surface area contributed by atoms with E-state index in [9.17, 15) is 9.59 Å². The maximum atomic E-state index is 12.5. The van der Waals surface area contributed by atoms with Gasteiger partial charge in [-0.25, -0.2) is 4.79 Å². The average Bonchev–Trinajstić information content (AvgIpc) is 3.30. The van der Waals surface area contributed by atoms with Gasteiger partial charge in [0.25, 0.3) is 0 Å². The number of benzene rings is 2. The summed E-state index contributed by atoms with van der Waals surface area (Å²) in [5.74, 6) is -0.796. The molecule has 1 aromatic heterocycles. The highest BCUT2D eigenvalue weighted by Gasteiger charge is 2.23. The monoisotopic (exact) mass is 364 g/mol. The van der Waals surface area contributed by atoms with Crippen LogP contribution >= 0.6 is 0 Å². The predicted molar refractivity (Wildman–Crippen MR) is 100 cm³/mol. The van der Waals surface area contributed by atoms with Gasteiger partial charge >= 0.3 is 5.97 Å². The van der Waals surface area contributed by atoms with E-state index in [1.54, 1.807) is 19.2 Å². The van der Waals surface area contributed by atoms with Crippen LogP contribution in [0, 0.1) is 0 Å². The van der Waals surface area contributed by atoms with Crippen molar-refractivity contribution >= 4 is 22.7 Å². The molecule has 0 spiro atoms. The van der Waals surface area contributed by atoms with Gasteiger partial charge in [0, 0.05) is 23.6 Å². The Balaban J connectivity index is 1.50. The summed E-state index contributed by atoms with van der Waals surface area (Å²) in [4.78, 5) is 24.9. The molecule has 0 N–H and O–H groups in total. The van der Waals surface area contributed by atoms with Crippen molar-refractivity contribution in [1.29, 1.82) is 0 Å². The summed E-state index contributed by atoms with van der Waals surface area (Å²) in [6, 6.07) is 13.0. The molecular weight excluding hydrogens is 344 g/mol. The molecule has 1 aliphatic rings. The third-order valence-electron chi connectivity index (χ3n) is 4.93. The molecule has 138 valence electrons. The van der Waals surface area contributed by atoms with Crippen molar-refractivity contribution in [3.63, 3.8) is 0 Å². The highest BCUT2D eigenvalue weighted by molar-refractivity contribution is 6.00. The van der Waals surface area contributed by atoms with Gasteiger partial charge in [-0.2, -0.15) is 0 Å². The van der Waals surface area contributed by atoms with Gasteiger partial charge in [0.2, 0.25) is 5.76 Å². The topological polar surface area (TPSA) is 65.7 Å². The summed E-state index contributed by atoms with van der Waals surface area (Å²) in [5.41, 5.74) is 4.30. The van der Waals surface area contributed by atoms with E-state index < -0.39 is 5.97 Å². The molecule has 2 aromatic carbocycles. The Morgan fingerprint density at radius 3 is 2.74 bits per heavy atom. The second-order valence-corrected chi connectivity index (χ2v) is 6.68. The van der Waals surface area contributed by atoms with Gasteiger partial charge in [0.15, 0.2) is 12.4 Å². The quantitative estimate of drug-likeness (QED) is 0.486. The van der Waals surface area contributed by atoms with Crippen LogP contribution in [0.4, 0.5) is 0 Å². The van der Waals surface area contributed by atoms with Crippen LogP contribution in [0.5, 0.6) is 0 Å². The third kappa shape index (κ3) is 3.38. The molecule has 5 heteroatoms. The molecular formula is C22H20O5. The van der Waals surface area contributed by atoms with Gasteiger partial charge in [-0.15, -0.1) is 0 Å². The second-order valence-electron chi connectivity index (χ2n) is 6.68. The summed E-state index contributed by atoms with van der Waals surface area (Å²) in [5, 5.41) is 0.802. The Hall–Kier alpha value is -2.92. The number of ketones is 1. The molecule has 0 fully saturated rings. The highest BCUT2D eigenvalue weighted by atomic mass is 16.5. The summed E-state index contributed by atoms with van der Waals surface area (Å²) in [7, 11) is 1.55. The summed E-state index contributed by atoms with van der Waals surface area (Å²) in [6.07, 6.45) is 3.18. The number of fused-ring (bicyclic) bond motifs is 2. The standard InChI is InChI=1S/C22H20O5/c1-25-12-18-17-7-2-3-8-20(17)27-21(18)22(24)26-13-19(23)16-10-9-14-5-4-6-15(14)11-16/h2-3,7-11H,4-6,12-13H2,1H3. The molecule has 3 aromatic rings. The van der Waals surface area contributed by atoms with E-state index >= 15 is 0 Å². The number of carbonyl (C=O) groups excluding carboxylic acids is 2. The number of Topliss-reactive ketones (excluding diaryl/α,β-unsaturated/α-hetero) is 1. The van der Waals surface area contributed by atoms with Crippen molar-refractivity contribution in [3.8, 4) is 0 Å². The number of para-hydroxylation sites is 1. The number of furan rings is 1. The van der Waals surface area contributed by atoms with E-state index in [0.717, 1.165) is 24.6 Å². The molecule has 27 heavy (non-hydrogen) atoms. The lowest BCUT2D eigenvalue weighted by molar-refractivity contribution is 0.0441. The molecule has 5 nitrogen and oxygen atoms in total. The average molecular weight is 364 g/mol. The van der Waals surface area contributed by atoms with Crippen LogP contribution in [0.2, 0.25) is 0 Å². The minimum Gasteiger partial charge on any atom is -0.451 e. The van der Waals surface area contributed by atoms with Crippen LogP contribution in [0.15, 0.2) is 46.9 Å². The van der Waals surface area contributed by atoms with Crippen molar-refractivity contribution in [2.24, 2.45) is 0 Å². The molecule has 0 bridgehead atoms. The lowest BCUT2D eigenvalue weighted by atomic mass is 10.0. The molecule has 0 radical (unpaired) electrons. The first kappa shape index (κ1) is 17.5. The van der Waals surface area contributed by atoms with Crippen LogP contribution < -0.4 is 0 Å². The molecule has 0 saturated carbocycles. The van der Waals surface area contributed by atoms with E-state index in [0.29, 0.717) is 16.7 Å². The normalized spacial score (nSPS) is 12.9. The lowest BCUT2D eigenvalue weighted by Gasteiger charge is -2.06. The van der Waals surface area contributed by atoms with Crippen molar-refractivity contribution in [2.75, 3.05) is 13.7 Å². The Kier molecular flexibility index (Phi) is 4.77. The smallest absolute Gasteiger partial charge is 0.375 e. The number of hydrogen-bond acceptors (Lipinski definition) is 5. The van der Waals surface area contributed by atoms with Crippen molar-refractivity contribution < 1.29 is 23.5 Å². The molecule has 0 saturated heterocycles. The molecule has 1 heterocycles. The number of methoxy groups -OCH3 is 1. The van der Waals surface area contributed by atoms with Crippen LogP contribution in [-0.4, -0.2) is 25.5 Å². The van der Waals surface area contributed by atoms with E-state index in [1.807, 2.05) is 30.3 Å². The fourth-order valence-electron chi connectivity index (χ4n) is 3.58. The largest absolute Gasteiger partial charge is 0.451 e. The number of hydrogen-bond donors (Lipinski definition) is 0. The van der Waals surface area contributed by atoms with E-state index in [1.165, 1.54) is 11.1 Å². The maximum absolute atomic E-state index is 12.5. The minimum absolute atomic E-state index is 0.0832. The Labute approximate surface area is 156 Å². The number of ether oxygens (including phenoxy) is 2. The summed E-state index contributed by atoms with van der Waals surface area (Å²) >= 11 is 0. The van der Waals surface area contributed by atoms with Gasteiger partial charge in [0.05, 0.1) is 6.61 Å². The van der Waals surface area contributed by atoms with Gasteiger partial charge in [-0.3, -0.25) is 4.79 Å². The number of esters is 1. The van der Waals surface area contributed by atoms with E-state index in [4.69, 9.17) is 13.9 Å². The molecule has 0 unspecified atom stereocenters. The molecule has 4 rings (SSSR count). The fourth-order valence-corrected chi connectivity index (χ4v) is 3.58. The number of carbonyl (C=O) groups is 2. The first-order valence-electron chi connectivity index (χ1n) is 8.99. The van der Waals surface area contributed by atoms with Gasteiger partial charge in [0.1, 0.15) is 5.58 Å². The lowest BCUT2D eigenvalue weighted by Crippen LogP contribution is -2.15. The molecule has 0 aliphatic heterocycles. The van der Waals surface area contributed by atoms with Crippen LogP contribution in [0.1, 0.15) is 44.0 Å². The zero-order valence-corrected chi connectivity index (χ0v) is 15.1. The first-order valence-corrected chi connectivity index (χ1v) is 8.99. The Bertz CT molecular complexity index is 1010. The number of rotatable bonds is 6. The first-order chi connectivity index (χ1) is 13.2. The SMILES string of the molecule is COCc1c(C(=O)OCC(=O)c2ccc3c(c2)CCC3)oc2ccccc12. The Morgan fingerprint density at radius 1 is 1.07 bits per heavy atom. The van der Waals surface area contributed by atoms with Gasteiger partial charge in [-0.05, 0) is 42.5 Å². The predicted octanol–water partition coefficient (Wildman–Crippen LogP) is 4.11. The second kappa shape index (κ2) is 7.37. The zero-order valence-electron chi connectivity index (χ0n) is 15.1. The third-order valence-corrected chi connectivity index (χ3v) is 4.93. The molecule has 1 aliphatic carbocycles. The van der Waals surface area contributed by atoms with E-state index in [2.05, 4.69) is 0 Å². The van der Waals surface area contributed by atoms with Crippen molar-refractivity contribution in [2.45, 2.75) is 25.9 Å². The zero-order chi connectivity index (χ0) is 18.8. The summed E-state index contributed by atoms with van der Waals surface area (Å²) in [6.45, 7) is -0.0959. The summed E-state index contributed by atoms with van der Waals surface area (Å²) < 4.78 is 16.1. The van der Waals surface area contributed by atoms with Gasteiger partial charge < -0.3 is 13.9 Å². The fraction of sp³-hybridized carbons (Fsp3) is 0.273.